The van der Waals surface area contributed by atoms with Gasteiger partial charge < -0.3 is 20.9 Å². The van der Waals surface area contributed by atoms with E-state index in [9.17, 15) is 5.11 Å². The third-order valence-electron chi connectivity index (χ3n) is 3.72. The Morgan fingerprint density at radius 2 is 1.92 bits per heavy atom. The number of methoxy groups -OCH3 is 1. The largest absolute Gasteiger partial charge is 0.497 e. The number of aliphatic imine (C=N–C) groups is 1. The summed E-state index contributed by atoms with van der Waals surface area (Å²) >= 11 is 0. The van der Waals surface area contributed by atoms with Crippen molar-refractivity contribution in [2.75, 3.05) is 19.0 Å². The zero-order valence-corrected chi connectivity index (χ0v) is 16.9. The van der Waals surface area contributed by atoms with Crippen LogP contribution in [0.2, 0.25) is 0 Å². The van der Waals surface area contributed by atoms with E-state index in [1.165, 1.54) is 0 Å². The lowest BCUT2D eigenvalue weighted by atomic mass is 9.93. The van der Waals surface area contributed by atoms with Crippen molar-refractivity contribution in [3.8, 4) is 5.75 Å². The van der Waals surface area contributed by atoms with Crippen LogP contribution < -0.4 is 15.8 Å². The molecule has 2 aromatic rings. The molecule has 136 valence electrons. The van der Waals surface area contributed by atoms with Gasteiger partial charge >= 0.3 is 0 Å². The molecule has 25 heavy (non-hydrogen) atoms. The fourth-order valence-corrected chi connectivity index (χ4v) is 2.55. The maximum atomic E-state index is 9.73. The zero-order chi connectivity index (χ0) is 17.4. The zero-order valence-electron chi connectivity index (χ0n) is 14.6. The highest BCUT2D eigenvalue weighted by molar-refractivity contribution is 14.0. The lowest BCUT2D eigenvalue weighted by molar-refractivity contribution is 0.175. The van der Waals surface area contributed by atoms with Gasteiger partial charge in [0.05, 0.1) is 13.2 Å². The molecule has 5 nitrogen and oxygen atoms in total. The number of nitrogens with one attached hydrogen (secondary N) is 1. The number of aliphatic hydroxyl groups is 1. The van der Waals surface area contributed by atoms with Gasteiger partial charge in [0, 0.05) is 24.2 Å². The predicted octanol–water partition coefficient (Wildman–Crippen LogP) is 3.59. The van der Waals surface area contributed by atoms with Crippen molar-refractivity contribution in [3.05, 3.63) is 60.2 Å². The number of nitrogens with two attached hydrogens (primary N) is 1. The van der Waals surface area contributed by atoms with E-state index in [1.54, 1.807) is 14.0 Å². The van der Waals surface area contributed by atoms with Gasteiger partial charge in [-0.1, -0.05) is 36.4 Å². The van der Waals surface area contributed by atoms with E-state index in [2.05, 4.69) is 10.3 Å². The van der Waals surface area contributed by atoms with Gasteiger partial charge in [-0.15, -0.1) is 24.0 Å². The lowest BCUT2D eigenvalue weighted by Gasteiger charge is -2.17. The molecule has 0 saturated heterocycles. The van der Waals surface area contributed by atoms with Crippen LogP contribution in [0.15, 0.2) is 59.6 Å². The summed E-state index contributed by atoms with van der Waals surface area (Å²) in [6.45, 7) is 2.30. The summed E-state index contributed by atoms with van der Waals surface area (Å²) in [4.78, 5) is 4.44. The Bertz CT molecular complexity index is 663. The quantitative estimate of drug-likeness (QED) is 0.339. The average Bonchev–Trinajstić information content (AvgIpc) is 2.59. The number of halogens is 1. The molecule has 2 unspecified atom stereocenters. The van der Waals surface area contributed by atoms with Crippen molar-refractivity contribution in [3.63, 3.8) is 0 Å². The van der Waals surface area contributed by atoms with Crippen molar-refractivity contribution in [2.24, 2.45) is 10.7 Å². The molecule has 4 N–H and O–H groups in total. The van der Waals surface area contributed by atoms with Gasteiger partial charge in [0.1, 0.15) is 5.75 Å². The maximum absolute atomic E-state index is 9.73. The third kappa shape index (κ3) is 7.31. The number of aliphatic hydroxyl groups excluding tert-OH is 1. The number of guanidine groups is 1. The van der Waals surface area contributed by atoms with Crippen LogP contribution in [0.3, 0.4) is 0 Å². The predicted molar refractivity (Wildman–Crippen MR) is 114 cm³/mol. The molecule has 0 saturated carbocycles. The summed E-state index contributed by atoms with van der Waals surface area (Å²) in [5.74, 6) is 1.22. The molecule has 0 heterocycles. The lowest BCUT2D eigenvalue weighted by Crippen LogP contribution is -2.24. The minimum atomic E-state index is -0.391. The Kier molecular flexibility index (Phi) is 9.30. The Morgan fingerprint density at radius 1 is 1.20 bits per heavy atom. The fourth-order valence-electron chi connectivity index (χ4n) is 2.55. The molecule has 0 aliphatic rings. The Labute approximate surface area is 166 Å². The van der Waals surface area contributed by atoms with Crippen LogP contribution >= 0.6 is 24.0 Å². The van der Waals surface area contributed by atoms with Gasteiger partial charge in [0.15, 0.2) is 5.96 Å². The molecular formula is C19H26IN3O2. The highest BCUT2D eigenvalue weighted by atomic mass is 127. The molecule has 2 rings (SSSR count). The summed E-state index contributed by atoms with van der Waals surface area (Å²) in [5.41, 5.74) is 7.96. The van der Waals surface area contributed by atoms with Crippen molar-refractivity contribution in [1.82, 2.24) is 0 Å². The molecule has 0 bridgehead atoms. The molecule has 2 aromatic carbocycles. The smallest absolute Gasteiger partial charge is 0.193 e. The molecule has 0 aliphatic carbocycles. The number of hydrogen-bond acceptors (Lipinski definition) is 3. The highest BCUT2D eigenvalue weighted by Crippen LogP contribution is 2.22. The average molecular weight is 455 g/mol. The third-order valence-corrected chi connectivity index (χ3v) is 3.72. The first-order valence-corrected chi connectivity index (χ1v) is 8.02. The number of nitrogens with zero attached hydrogens (tertiary/aromatic N) is 1. The van der Waals surface area contributed by atoms with Gasteiger partial charge in [0.2, 0.25) is 0 Å². The summed E-state index contributed by atoms with van der Waals surface area (Å²) < 4.78 is 5.19. The van der Waals surface area contributed by atoms with Gasteiger partial charge in [-0.25, -0.2) is 0 Å². The van der Waals surface area contributed by atoms with Crippen LogP contribution in [-0.4, -0.2) is 30.8 Å². The summed E-state index contributed by atoms with van der Waals surface area (Å²) in [6, 6.07) is 17.6. The SMILES string of the molecule is COc1cccc(NC(N)=NCC(CC(C)O)c2ccccc2)c1.I. The summed E-state index contributed by atoms with van der Waals surface area (Å²) in [7, 11) is 1.62. The van der Waals surface area contributed by atoms with Crippen LogP contribution in [-0.2, 0) is 0 Å². The topological polar surface area (TPSA) is 79.9 Å². The molecule has 6 heteroatoms. The normalized spacial score (nSPS) is 13.5. The first-order chi connectivity index (χ1) is 11.6. The first kappa shape index (κ1) is 21.2. The van der Waals surface area contributed by atoms with Crippen molar-refractivity contribution in [2.45, 2.75) is 25.4 Å². The van der Waals surface area contributed by atoms with Crippen molar-refractivity contribution < 1.29 is 9.84 Å². The van der Waals surface area contributed by atoms with E-state index in [0.717, 1.165) is 17.0 Å². The second kappa shape index (κ2) is 10.9. The molecular weight excluding hydrogens is 429 g/mol. The molecule has 0 spiro atoms. The van der Waals surface area contributed by atoms with Gasteiger partial charge in [0.25, 0.3) is 0 Å². The van der Waals surface area contributed by atoms with E-state index >= 15 is 0 Å². The minimum Gasteiger partial charge on any atom is -0.497 e. The second-order valence-corrected chi connectivity index (χ2v) is 5.78. The second-order valence-electron chi connectivity index (χ2n) is 5.78. The van der Waals surface area contributed by atoms with E-state index in [-0.39, 0.29) is 29.9 Å². The standard InChI is InChI=1S/C19H25N3O2.HI/c1-14(23)11-16(15-7-4-3-5-8-15)13-21-19(20)22-17-9-6-10-18(12-17)24-2;/h3-10,12,14,16,23H,11,13H2,1-2H3,(H3,20,21,22);1H. The molecule has 0 aromatic heterocycles. The van der Waals surface area contributed by atoms with E-state index < -0.39 is 6.10 Å². The summed E-state index contributed by atoms with van der Waals surface area (Å²) in [5, 5.41) is 12.8. The number of ether oxygens (including phenoxy) is 1. The highest BCUT2D eigenvalue weighted by Gasteiger charge is 2.14. The van der Waals surface area contributed by atoms with Crippen LogP contribution in [0.25, 0.3) is 0 Å². The Balaban J connectivity index is 0.00000312. The summed E-state index contributed by atoms with van der Waals surface area (Å²) in [6.07, 6.45) is 0.248. The maximum Gasteiger partial charge on any atom is 0.193 e. The Morgan fingerprint density at radius 3 is 2.56 bits per heavy atom. The molecule has 0 aliphatic heterocycles. The van der Waals surface area contributed by atoms with Crippen LogP contribution in [0.4, 0.5) is 5.69 Å². The van der Waals surface area contributed by atoms with Crippen LogP contribution in [0.5, 0.6) is 5.75 Å². The first-order valence-electron chi connectivity index (χ1n) is 8.02. The number of hydrogen-bond donors (Lipinski definition) is 3. The van der Waals surface area contributed by atoms with E-state index in [1.807, 2.05) is 54.6 Å². The van der Waals surface area contributed by atoms with Crippen molar-refractivity contribution >= 4 is 35.6 Å². The molecule has 2 atom stereocenters. The Hall–Kier alpha value is -1.80. The van der Waals surface area contributed by atoms with E-state index in [4.69, 9.17) is 10.5 Å². The monoisotopic (exact) mass is 455 g/mol. The molecule has 0 amide bonds. The van der Waals surface area contributed by atoms with Crippen LogP contribution in [0, 0.1) is 0 Å². The van der Waals surface area contributed by atoms with Gasteiger partial charge in [-0.3, -0.25) is 4.99 Å². The molecule has 0 radical (unpaired) electrons. The number of rotatable bonds is 7. The van der Waals surface area contributed by atoms with Gasteiger partial charge in [-0.2, -0.15) is 0 Å². The molecule has 0 fully saturated rings. The van der Waals surface area contributed by atoms with E-state index in [0.29, 0.717) is 18.9 Å². The van der Waals surface area contributed by atoms with Crippen molar-refractivity contribution in [1.29, 1.82) is 0 Å². The fraction of sp³-hybridized carbons (Fsp3) is 0.316. The number of anilines is 1. The van der Waals surface area contributed by atoms with Gasteiger partial charge in [-0.05, 0) is 31.0 Å². The van der Waals surface area contributed by atoms with Crippen LogP contribution in [0.1, 0.15) is 24.8 Å². The number of benzene rings is 2. The minimum absolute atomic E-state index is 0.